The van der Waals surface area contributed by atoms with Gasteiger partial charge in [-0.2, -0.15) is 0 Å². The Morgan fingerprint density at radius 2 is 2.28 bits per heavy atom. The molecule has 1 saturated carbocycles. The molecule has 1 aromatic rings. The lowest BCUT2D eigenvalue weighted by Crippen LogP contribution is -2.30. The highest BCUT2D eigenvalue weighted by molar-refractivity contribution is 9.10. The SMILES string of the molecule is Cn1nnc(Br)c1S(=O)(=O)NCC1CCC(Cl)C1. The molecule has 0 bridgehead atoms. The highest BCUT2D eigenvalue weighted by Crippen LogP contribution is 2.29. The van der Waals surface area contributed by atoms with E-state index in [-0.39, 0.29) is 15.0 Å². The van der Waals surface area contributed by atoms with Crippen molar-refractivity contribution in [3.63, 3.8) is 0 Å². The van der Waals surface area contributed by atoms with Crippen LogP contribution < -0.4 is 4.72 Å². The summed E-state index contributed by atoms with van der Waals surface area (Å²) in [6.45, 7) is 0.406. The highest BCUT2D eigenvalue weighted by atomic mass is 79.9. The maximum absolute atomic E-state index is 12.1. The zero-order chi connectivity index (χ0) is 13.3. The molecule has 1 heterocycles. The van der Waals surface area contributed by atoms with Gasteiger partial charge < -0.3 is 0 Å². The summed E-state index contributed by atoms with van der Waals surface area (Å²) in [6.07, 6.45) is 2.77. The van der Waals surface area contributed by atoms with Crippen LogP contribution in [0.4, 0.5) is 0 Å². The van der Waals surface area contributed by atoms with E-state index in [1.54, 1.807) is 0 Å². The Hall–Kier alpha value is -0.180. The lowest BCUT2D eigenvalue weighted by molar-refractivity contribution is 0.513. The van der Waals surface area contributed by atoms with Gasteiger partial charge in [0.25, 0.3) is 10.0 Å². The first kappa shape index (κ1) is 14.2. The minimum absolute atomic E-state index is 0.0444. The van der Waals surface area contributed by atoms with Crippen molar-refractivity contribution in [2.45, 2.75) is 29.7 Å². The summed E-state index contributed by atoms with van der Waals surface area (Å²) >= 11 is 9.08. The van der Waals surface area contributed by atoms with Crippen LogP contribution in [0.5, 0.6) is 0 Å². The second-order valence-electron chi connectivity index (χ2n) is 4.44. The van der Waals surface area contributed by atoms with Gasteiger partial charge in [-0.25, -0.2) is 17.8 Å². The summed E-state index contributed by atoms with van der Waals surface area (Å²) in [6, 6.07) is 0. The highest BCUT2D eigenvalue weighted by Gasteiger charge is 2.27. The number of nitrogens with zero attached hydrogens (tertiary/aromatic N) is 3. The van der Waals surface area contributed by atoms with Gasteiger partial charge in [-0.15, -0.1) is 16.7 Å². The number of halogens is 2. The van der Waals surface area contributed by atoms with Gasteiger partial charge in [0.15, 0.2) is 4.60 Å². The number of aromatic nitrogens is 3. The van der Waals surface area contributed by atoms with Crippen molar-refractivity contribution < 1.29 is 8.42 Å². The first-order valence-corrected chi connectivity index (χ1v) is 8.30. The van der Waals surface area contributed by atoms with Gasteiger partial charge in [0.2, 0.25) is 5.03 Å². The van der Waals surface area contributed by atoms with E-state index in [4.69, 9.17) is 11.6 Å². The average Bonchev–Trinajstić information content (AvgIpc) is 2.83. The van der Waals surface area contributed by atoms with E-state index in [0.29, 0.717) is 12.5 Å². The van der Waals surface area contributed by atoms with E-state index in [1.807, 2.05) is 0 Å². The molecule has 2 atom stereocenters. The Labute approximate surface area is 119 Å². The van der Waals surface area contributed by atoms with Crippen molar-refractivity contribution in [2.75, 3.05) is 6.54 Å². The van der Waals surface area contributed by atoms with Crippen molar-refractivity contribution in [3.8, 4) is 0 Å². The van der Waals surface area contributed by atoms with Gasteiger partial charge >= 0.3 is 0 Å². The molecule has 1 aliphatic carbocycles. The van der Waals surface area contributed by atoms with Crippen LogP contribution in [-0.2, 0) is 17.1 Å². The fourth-order valence-electron chi connectivity index (χ4n) is 2.10. The largest absolute Gasteiger partial charge is 0.260 e. The van der Waals surface area contributed by atoms with Gasteiger partial charge in [-0.1, -0.05) is 5.21 Å². The van der Waals surface area contributed by atoms with E-state index < -0.39 is 10.0 Å². The Morgan fingerprint density at radius 1 is 1.56 bits per heavy atom. The van der Waals surface area contributed by atoms with Crippen molar-refractivity contribution in [1.29, 1.82) is 0 Å². The zero-order valence-corrected chi connectivity index (χ0v) is 13.0. The van der Waals surface area contributed by atoms with Crippen molar-refractivity contribution in [2.24, 2.45) is 13.0 Å². The van der Waals surface area contributed by atoms with Gasteiger partial charge in [-0.3, -0.25) is 0 Å². The quantitative estimate of drug-likeness (QED) is 0.823. The Morgan fingerprint density at radius 3 is 2.78 bits per heavy atom. The molecule has 0 aromatic carbocycles. The number of hydrogen-bond acceptors (Lipinski definition) is 4. The topological polar surface area (TPSA) is 76.9 Å². The number of hydrogen-bond donors (Lipinski definition) is 1. The third-order valence-electron chi connectivity index (χ3n) is 3.03. The normalized spacial score (nSPS) is 24.6. The predicted molar refractivity (Wildman–Crippen MR) is 70.9 cm³/mol. The molecule has 0 spiro atoms. The molecular weight excluding hydrogens is 344 g/mol. The van der Waals surface area contributed by atoms with E-state index >= 15 is 0 Å². The second kappa shape index (κ2) is 5.44. The van der Waals surface area contributed by atoms with E-state index in [9.17, 15) is 8.42 Å². The van der Waals surface area contributed by atoms with Crippen LogP contribution in [0.1, 0.15) is 19.3 Å². The molecule has 0 radical (unpaired) electrons. The number of nitrogens with one attached hydrogen (secondary N) is 1. The lowest BCUT2D eigenvalue weighted by atomic mass is 10.1. The summed E-state index contributed by atoms with van der Waals surface area (Å²) in [5, 5.41) is 7.53. The maximum Gasteiger partial charge on any atom is 0.260 e. The second-order valence-corrected chi connectivity index (χ2v) is 7.49. The van der Waals surface area contributed by atoms with Crippen LogP contribution in [0.2, 0.25) is 0 Å². The Bertz CT molecular complexity index is 513. The molecule has 1 N–H and O–H groups in total. The van der Waals surface area contributed by atoms with Gasteiger partial charge in [-0.05, 0) is 41.1 Å². The molecule has 0 saturated heterocycles. The molecule has 1 aromatic heterocycles. The van der Waals surface area contributed by atoms with Gasteiger partial charge in [0.1, 0.15) is 0 Å². The minimum Gasteiger partial charge on any atom is -0.235 e. The average molecular weight is 358 g/mol. The fraction of sp³-hybridized carbons (Fsp3) is 0.778. The molecule has 2 unspecified atom stereocenters. The monoisotopic (exact) mass is 356 g/mol. The first-order valence-electron chi connectivity index (χ1n) is 5.59. The number of sulfonamides is 1. The molecule has 1 fully saturated rings. The van der Waals surface area contributed by atoms with Crippen LogP contribution in [0.25, 0.3) is 0 Å². The molecule has 6 nitrogen and oxygen atoms in total. The summed E-state index contributed by atoms with van der Waals surface area (Å²) in [5.41, 5.74) is 0. The van der Waals surface area contributed by atoms with Crippen molar-refractivity contribution in [1.82, 2.24) is 19.7 Å². The number of rotatable bonds is 4. The summed E-state index contributed by atoms with van der Waals surface area (Å²) in [4.78, 5) is 0. The molecule has 18 heavy (non-hydrogen) atoms. The minimum atomic E-state index is -3.59. The van der Waals surface area contributed by atoms with E-state index in [2.05, 4.69) is 31.0 Å². The Kier molecular flexibility index (Phi) is 4.30. The maximum atomic E-state index is 12.1. The summed E-state index contributed by atoms with van der Waals surface area (Å²) in [7, 11) is -2.05. The van der Waals surface area contributed by atoms with Gasteiger partial charge in [0, 0.05) is 19.0 Å². The molecule has 0 aliphatic heterocycles. The van der Waals surface area contributed by atoms with Crippen LogP contribution in [0.15, 0.2) is 9.63 Å². The third kappa shape index (κ3) is 3.04. The standard InChI is InChI=1S/C9H14BrClN4O2S/c1-15-9(8(10)13-14-15)18(16,17)12-5-6-2-3-7(11)4-6/h6-7,12H,2-5H2,1H3. The summed E-state index contributed by atoms with van der Waals surface area (Å²) in [5.74, 6) is 0.308. The van der Waals surface area contributed by atoms with E-state index in [1.165, 1.54) is 11.7 Å². The molecule has 9 heteroatoms. The smallest absolute Gasteiger partial charge is 0.235 e. The first-order chi connectivity index (χ1) is 8.40. The van der Waals surface area contributed by atoms with Crippen LogP contribution in [-0.4, -0.2) is 35.3 Å². The van der Waals surface area contributed by atoms with E-state index in [0.717, 1.165) is 19.3 Å². The number of aryl methyl sites for hydroxylation is 1. The third-order valence-corrected chi connectivity index (χ3v) is 5.74. The predicted octanol–water partition coefficient (Wildman–Crippen LogP) is 1.26. The van der Waals surface area contributed by atoms with Gasteiger partial charge in [0.05, 0.1) is 0 Å². The molecule has 1 aliphatic rings. The Balaban J connectivity index is 2.04. The molecule has 2 rings (SSSR count). The fourth-order valence-corrected chi connectivity index (χ4v) is 4.69. The lowest BCUT2D eigenvalue weighted by Gasteiger charge is -2.11. The van der Waals surface area contributed by atoms with Crippen molar-refractivity contribution >= 4 is 37.6 Å². The summed E-state index contributed by atoms with van der Waals surface area (Å²) < 4.78 is 28.2. The molecule has 0 amide bonds. The van der Waals surface area contributed by atoms with Crippen LogP contribution in [0.3, 0.4) is 0 Å². The zero-order valence-electron chi connectivity index (χ0n) is 9.81. The van der Waals surface area contributed by atoms with Crippen molar-refractivity contribution in [3.05, 3.63) is 4.60 Å². The van der Waals surface area contributed by atoms with Crippen LogP contribution in [0, 0.1) is 5.92 Å². The molecule has 102 valence electrons. The molecular formula is C9H14BrClN4O2S. The van der Waals surface area contributed by atoms with Crippen LogP contribution >= 0.6 is 27.5 Å². The number of alkyl halides is 1.